The summed E-state index contributed by atoms with van der Waals surface area (Å²) in [5.41, 5.74) is 1.04. The maximum atomic E-state index is 11.5. The van der Waals surface area contributed by atoms with E-state index >= 15 is 0 Å². The summed E-state index contributed by atoms with van der Waals surface area (Å²) in [5, 5.41) is 2.76. The van der Waals surface area contributed by atoms with E-state index in [4.69, 9.17) is 4.74 Å². The van der Waals surface area contributed by atoms with Gasteiger partial charge in [0.25, 0.3) is 0 Å². The van der Waals surface area contributed by atoms with Crippen LogP contribution in [0.2, 0.25) is 0 Å². The van der Waals surface area contributed by atoms with Crippen molar-refractivity contribution in [1.82, 2.24) is 5.32 Å². The van der Waals surface area contributed by atoms with Crippen LogP contribution in [0.3, 0.4) is 0 Å². The molecule has 0 aromatic heterocycles. The van der Waals surface area contributed by atoms with E-state index in [1.165, 1.54) is 0 Å². The van der Waals surface area contributed by atoms with Crippen molar-refractivity contribution in [3.05, 3.63) is 35.9 Å². The van der Waals surface area contributed by atoms with Crippen molar-refractivity contribution in [2.24, 2.45) is 0 Å². The van der Waals surface area contributed by atoms with Gasteiger partial charge in [0.2, 0.25) is 0 Å². The first-order valence-corrected chi connectivity index (χ1v) is 6.27. The summed E-state index contributed by atoms with van der Waals surface area (Å²) in [4.78, 5) is 11.5. The van der Waals surface area contributed by atoms with Crippen LogP contribution in [0.25, 0.3) is 0 Å². The number of amides is 1. The molecule has 94 valence electrons. The molecule has 0 heterocycles. The van der Waals surface area contributed by atoms with Crippen molar-refractivity contribution in [1.29, 1.82) is 0 Å². The fourth-order valence-corrected chi connectivity index (χ4v) is 1.59. The number of unbranched alkanes of at least 4 members (excludes halogenated alkanes) is 1. The highest BCUT2D eigenvalue weighted by Crippen LogP contribution is 2.20. The molecule has 0 saturated heterocycles. The van der Waals surface area contributed by atoms with E-state index in [-0.39, 0.29) is 12.2 Å². The molecule has 1 rings (SSSR count). The summed E-state index contributed by atoms with van der Waals surface area (Å²) >= 11 is 0. The standard InChI is InChI=1S/C14H21NO2/c1-3-5-11-15-14(16)17-13(4-2)12-9-7-6-8-10-12/h6-10,13H,3-5,11H2,1-2H3,(H,15,16). The van der Waals surface area contributed by atoms with Gasteiger partial charge in [0.05, 0.1) is 0 Å². The number of hydrogen-bond donors (Lipinski definition) is 1. The molecule has 0 fully saturated rings. The Labute approximate surface area is 103 Å². The minimum Gasteiger partial charge on any atom is -0.441 e. The average Bonchev–Trinajstić information content (AvgIpc) is 2.37. The Morgan fingerprint density at radius 1 is 1.29 bits per heavy atom. The fourth-order valence-electron chi connectivity index (χ4n) is 1.59. The predicted octanol–water partition coefficient (Wildman–Crippen LogP) is 3.66. The lowest BCUT2D eigenvalue weighted by Crippen LogP contribution is -2.26. The first-order chi connectivity index (χ1) is 8.27. The SMILES string of the molecule is CCCCNC(=O)OC(CC)c1ccccc1. The molecule has 17 heavy (non-hydrogen) atoms. The lowest BCUT2D eigenvalue weighted by atomic mass is 10.1. The zero-order chi connectivity index (χ0) is 12.5. The van der Waals surface area contributed by atoms with E-state index in [1.807, 2.05) is 37.3 Å². The topological polar surface area (TPSA) is 38.3 Å². The Balaban J connectivity index is 2.44. The third-order valence-electron chi connectivity index (χ3n) is 2.59. The molecule has 0 saturated carbocycles. The summed E-state index contributed by atoms with van der Waals surface area (Å²) in [6, 6.07) is 9.82. The van der Waals surface area contributed by atoms with Crippen LogP contribution in [0, 0.1) is 0 Å². The third kappa shape index (κ3) is 4.89. The number of ether oxygens (including phenoxy) is 1. The van der Waals surface area contributed by atoms with Gasteiger partial charge in [-0.1, -0.05) is 50.6 Å². The largest absolute Gasteiger partial charge is 0.441 e. The molecule has 0 aliphatic carbocycles. The van der Waals surface area contributed by atoms with Crippen molar-refractivity contribution >= 4 is 6.09 Å². The highest BCUT2D eigenvalue weighted by Gasteiger charge is 2.13. The Hall–Kier alpha value is -1.51. The first kappa shape index (κ1) is 13.6. The maximum Gasteiger partial charge on any atom is 0.407 e. The summed E-state index contributed by atoms with van der Waals surface area (Å²) in [5.74, 6) is 0. The van der Waals surface area contributed by atoms with Gasteiger partial charge in [-0.05, 0) is 18.4 Å². The first-order valence-electron chi connectivity index (χ1n) is 6.27. The fraction of sp³-hybridized carbons (Fsp3) is 0.500. The number of alkyl carbamates (subject to hydrolysis) is 1. The Morgan fingerprint density at radius 3 is 2.59 bits per heavy atom. The molecule has 0 spiro atoms. The van der Waals surface area contributed by atoms with Gasteiger partial charge >= 0.3 is 6.09 Å². The van der Waals surface area contributed by atoms with Crippen LogP contribution in [-0.4, -0.2) is 12.6 Å². The van der Waals surface area contributed by atoms with E-state index in [2.05, 4.69) is 12.2 Å². The van der Waals surface area contributed by atoms with Gasteiger partial charge in [0, 0.05) is 6.54 Å². The minimum atomic E-state index is -0.325. The molecule has 0 aliphatic rings. The van der Waals surface area contributed by atoms with Gasteiger partial charge in [-0.3, -0.25) is 0 Å². The quantitative estimate of drug-likeness (QED) is 0.764. The van der Waals surface area contributed by atoms with E-state index in [0.717, 1.165) is 24.8 Å². The molecule has 0 bridgehead atoms. The molecule has 3 nitrogen and oxygen atoms in total. The van der Waals surface area contributed by atoms with Crippen LogP contribution >= 0.6 is 0 Å². The van der Waals surface area contributed by atoms with Crippen LogP contribution in [0.1, 0.15) is 44.8 Å². The summed E-state index contributed by atoms with van der Waals surface area (Å²) in [6.45, 7) is 4.78. The Bertz CT molecular complexity index is 324. The van der Waals surface area contributed by atoms with Gasteiger partial charge in [-0.15, -0.1) is 0 Å². The molecule has 0 radical (unpaired) electrons. The van der Waals surface area contributed by atoms with Gasteiger partial charge < -0.3 is 10.1 Å². The van der Waals surface area contributed by atoms with Crippen molar-refractivity contribution in [2.75, 3.05) is 6.54 Å². The average molecular weight is 235 g/mol. The molecular formula is C14H21NO2. The molecule has 1 amide bonds. The van der Waals surface area contributed by atoms with Crippen LogP contribution in [0.15, 0.2) is 30.3 Å². The molecular weight excluding hydrogens is 214 g/mol. The monoisotopic (exact) mass is 235 g/mol. The summed E-state index contributed by atoms with van der Waals surface area (Å²) in [7, 11) is 0. The minimum absolute atomic E-state index is 0.155. The molecule has 1 N–H and O–H groups in total. The Kier molecular flexibility index (Phi) is 6.15. The van der Waals surface area contributed by atoms with E-state index in [9.17, 15) is 4.79 Å². The van der Waals surface area contributed by atoms with Crippen molar-refractivity contribution in [2.45, 2.75) is 39.2 Å². The maximum absolute atomic E-state index is 11.5. The van der Waals surface area contributed by atoms with Crippen LogP contribution in [0.4, 0.5) is 4.79 Å². The smallest absolute Gasteiger partial charge is 0.407 e. The van der Waals surface area contributed by atoms with Crippen molar-refractivity contribution in [3.8, 4) is 0 Å². The highest BCUT2D eigenvalue weighted by molar-refractivity contribution is 5.67. The zero-order valence-corrected chi connectivity index (χ0v) is 10.6. The van der Waals surface area contributed by atoms with Gasteiger partial charge in [0.15, 0.2) is 0 Å². The number of carbonyl (C=O) groups is 1. The van der Waals surface area contributed by atoms with Gasteiger partial charge in [0.1, 0.15) is 6.10 Å². The highest BCUT2D eigenvalue weighted by atomic mass is 16.6. The van der Waals surface area contributed by atoms with Gasteiger partial charge in [-0.2, -0.15) is 0 Å². The third-order valence-corrected chi connectivity index (χ3v) is 2.59. The molecule has 1 atom stereocenters. The molecule has 0 aliphatic heterocycles. The lowest BCUT2D eigenvalue weighted by molar-refractivity contribution is 0.0952. The number of rotatable bonds is 6. The van der Waals surface area contributed by atoms with Crippen LogP contribution in [-0.2, 0) is 4.74 Å². The van der Waals surface area contributed by atoms with Gasteiger partial charge in [-0.25, -0.2) is 4.79 Å². The number of hydrogen-bond acceptors (Lipinski definition) is 2. The molecule has 1 aromatic carbocycles. The van der Waals surface area contributed by atoms with Crippen molar-refractivity contribution in [3.63, 3.8) is 0 Å². The van der Waals surface area contributed by atoms with E-state index in [0.29, 0.717) is 6.54 Å². The second-order valence-corrected chi connectivity index (χ2v) is 3.99. The van der Waals surface area contributed by atoms with Crippen LogP contribution in [0.5, 0.6) is 0 Å². The summed E-state index contributed by atoms with van der Waals surface area (Å²) in [6.07, 6.45) is 2.35. The number of benzene rings is 1. The molecule has 1 unspecified atom stereocenters. The number of nitrogens with one attached hydrogen (secondary N) is 1. The second kappa shape index (κ2) is 7.71. The Morgan fingerprint density at radius 2 is 2.00 bits per heavy atom. The molecule has 1 aromatic rings. The van der Waals surface area contributed by atoms with Crippen molar-refractivity contribution < 1.29 is 9.53 Å². The summed E-state index contributed by atoms with van der Waals surface area (Å²) < 4.78 is 5.38. The number of carbonyl (C=O) groups excluding carboxylic acids is 1. The zero-order valence-electron chi connectivity index (χ0n) is 10.6. The van der Waals surface area contributed by atoms with E-state index < -0.39 is 0 Å². The van der Waals surface area contributed by atoms with Crippen LogP contribution < -0.4 is 5.32 Å². The predicted molar refractivity (Wildman–Crippen MR) is 68.9 cm³/mol. The normalized spacial score (nSPS) is 11.9. The molecule has 3 heteroatoms. The lowest BCUT2D eigenvalue weighted by Gasteiger charge is -2.16. The van der Waals surface area contributed by atoms with E-state index in [1.54, 1.807) is 0 Å². The second-order valence-electron chi connectivity index (χ2n) is 3.99.